The highest BCUT2D eigenvalue weighted by Crippen LogP contribution is 2.17. The summed E-state index contributed by atoms with van der Waals surface area (Å²) in [6, 6.07) is 22.8. The lowest BCUT2D eigenvalue weighted by Gasteiger charge is -2.05. The summed E-state index contributed by atoms with van der Waals surface area (Å²) in [5, 5.41) is 0. The smallest absolute Gasteiger partial charge is 0.193 e. The Bertz CT molecular complexity index is 848. The Labute approximate surface area is 140 Å². The van der Waals surface area contributed by atoms with Gasteiger partial charge < -0.3 is 4.74 Å². The Morgan fingerprint density at radius 1 is 0.583 bits per heavy atom. The van der Waals surface area contributed by atoms with Gasteiger partial charge in [-0.05, 0) is 24.3 Å². The Hall–Kier alpha value is -3.20. The molecule has 0 N–H and O–H groups in total. The van der Waals surface area contributed by atoms with Gasteiger partial charge in [-0.15, -0.1) is 0 Å². The molecule has 0 unspecified atom stereocenters. The predicted molar refractivity (Wildman–Crippen MR) is 92.7 cm³/mol. The standard InChI is InChI=1S/C21H16O3/c1-24-19-13-11-18(12-14-19)21(23)17-9-7-16(8-10-17)20(22)15-5-3-2-4-6-15/h2-14H,1H3. The van der Waals surface area contributed by atoms with Gasteiger partial charge in [0.2, 0.25) is 0 Å². The topological polar surface area (TPSA) is 43.4 Å². The molecule has 0 bridgehead atoms. The summed E-state index contributed by atoms with van der Waals surface area (Å²) in [6.07, 6.45) is 0. The molecule has 0 saturated carbocycles. The van der Waals surface area contributed by atoms with E-state index in [1.165, 1.54) is 0 Å². The maximum atomic E-state index is 12.5. The molecule has 3 rings (SSSR count). The largest absolute Gasteiger partial charge is 0.497 e. The van der Waals surface area contributed by atoms with Crippen molar-refractivity contribution >= 4 is 11.6 Å². The molecule has 0 aromatic heterocycles. The van der Waals surface area contributed by atoms with E-state index in [0.717, 1.165) is 0 Å². The lowest BCUT2D eigenvalue weighted by molar-refractivity contribution is 0.102. The van der Waals surface area contributed by atoms with E-state index >= 15 is 0 Å². The van der Waals surface area contributed by atoms with E-state index in [-0.39, 0.29) is 11.6 Å². The molecule has 3 heteroatoms. The normalized spacial score (nSPS) is 10.2. The Balaban J connectivity index is 1.81. The molecule has 0 radical (unpaired) electrons. The van der Waals surface area contributed by atoms with Gasteiger partial charge in [0.05, 0.1) is 7.11 Å². The lowest BCUT2D eigenvalue weighted by Crippen LogP contribution is -2.04. The van der Waals surface area contributed by atoms with Gasteiger partial charge >= 0.3 is 0 Å². The highest BCUT2D eigenvalue weighted by atomic mass is 16.5. The molecule has 0 saturated heterocycles. The number of carbonyl (C=O) groups excluding carboxylic acids is 2. The highest BCUT2D eigenvalue weighted by Gasteiger charge is 2.12. The summed E-state index contributed by atoms with van der Waals surface area (Å²) in [6.45, 7) is 0. The second-order valence-corrected chi connectivity index (χ2v) is 5.33. The van der Waals surface area contributed by atoms with Crippen LogP contribution in [-0.2, 0) is 0 Å². The van der Waals surface area contributed by atoms with Gasteiger partial charge in [0, 0.05) is 22.3 Å². The summed E-state index contributed by atoms with van der Waals surface area (Å²) in [7, 11) is 1.58. The van der Waals surface area contributed by atoms with Crippen molar-refractivity contribution in [2.24, 2.45) is 0 Å². The van der Waals surface area contributed by atoms with Crippen LogP contribution in [0.15, 0.2) is 78.9 Å². The predicted octanol–water partition coefficient (Wildman–Crippen LogP) is 4.16. The van der Waals surface area contributed by atoms with E-state index < -0.39 is 0 Å². The first-order chi connectivity index (χ1) is 11.7. The molecule has 24 heavy (non-hydrogen) atoms. The molecule has 3 nitrogen and oxygen atoms in total. The van der Waals surface area contributed by atoms with Gasteiger partial charge in [-0.2, -0.15) is 0 Å². The molecule has 0 aliphatic heterocycles. The van der Waals surface area contributed by atoms with Gasteiger partial charge in [-0.1, -0.05) is 54.6 Å². The lowest BCUT2D eigenvalue weighted by atomic mass is 9.98. The minimum atomic E-state index is -0.0867. The van der Waals surface area contributed by atoms with Gasteiger partial charge in [-0.25, -0.2) is 0 Å². The molecular weight excluding hydrogens is 300 g/mol. The number of benzene rings is 3. The number of hydrogen-bond donors (Lipinski definition) is 0. The molecule has 3 aromatic rings. The summed E-state index contributed by atoms with van der Waals surface area (Å²) < 4.78 is 5.09. The number of carbonyl (C=O) groups is 2. The first kappa shape index (κ1) is 15.7. The van der Waals surface area contributed by atoms with Crippen molar-refractivity contribution in [2.45, 2.75) is 0 Å². The third-order valence-corrected chi connectivity index (χ3v) is 3.80. The monoisotopic (exact) mass is 316 g/mol. The van der Waals surface area contributed by atoms with Crippen LogP contribution in [0.25, 0.3) is 0 Å². The van der Waals surface area contributed by atoms with E-state index in [0.29, 0.717) is 28.0 Å². The Kier molecular flexibility index (Phi) is 4.52. The van der Waals surface area contributed by atoms with E-state index in [4.69, 9.17) is 4.74 Å². The number of ketones is 2. The fourth-order valence-electron chi connectivity index (χ4n) is 2.44. The minimum absolute atomic E-state index is 0.0564. The van der Waals surface area contributed by atoms with Crippen molar-refractivity contribution in [3.8, 4) is 5.75 Å². The maximum Gasteiger partial charge on any atom is 0.193 e. The van der Waals surface area contributed by atoms with Crippen LogP contribution in [0.4, 0.5) is 0 Å². The number of methoxy groups -OCH3 is 1. The second kappa shape index (κ2) is 6.92. The van der Waals surface area contributed by atoms with Gasteiger partial charge in [0.25, 0.3) is 0 Å². The van der Waals surface area contributed by atoms with Crippen LogP contribution in [0.1, 0.15) is 31.8 Å². The van der Waals surface area contributed by atoms with Crippen LogP contribution in [0.5, 0.6) is 5.75 Å². The molecule has 0 aliphatic rings. The van der Waals surface area contributed by atoms with Crippen molar-refractivity contribution in [2.75, 3.05) is 7.11 Å². The van der Waals surface area contributed by atoms with Crippen molar-refractivity contribution in [3.05, 3.63) is 101 Å². The number of rotatable bonds is 5. The zero-order chi connectivity index (χ0) is 16.9. The zero-order valence-electron chi connectivity index (χ0n) is 13.2. The van der Waals surface area contributed by atoms with E-state index in [2.05, 4.69) is 0 Å². The van der Waals surface area contributed by atoms with Crippen LogP contribution in [0.2, 0.25) is 0 Å². The third-order valence-electron chi connectivity index (χ3n) is 3.80. The average Bonchev–Trinajstić information content (AvgIpc) is 2.68. The summed E-state index contributed by atoms with van der Waals surface area (Å²) >= 11 is 0. The molecule has 0 spiro atoms. The first-order valence-corrected chi connectivity index (χ1v) is 7.57. The first-order valence-electron chi connectivity index (χ1n) is 7.57. The molecule has 0 atom stereocenters. The maximum absolute atomic E-state index is 12.5. The summed E-state index contributed by atoms with van der Waals surface area (Å²) in [4.78, 5) is 24.8. The molecule has 0 amide bonds. The SMILES string of the molecule is COc1ccc(C(=O)c2ccc(C(=O)c3ccccc3)cc2)cc1. The average molecular weight is 316 g/mol. The van der Waals surface area contributed by atoms with E-state index in [9.17, 15) is 9.59 Å². The molecule has 118 valence electrons. The molecular formula is C21H16O3. The molecule has 0 aliphatic carbocycles. The number of ether oxygens (including phenoxy) is 1. The zero-order valence-corrected chi connectivity index (χ0v) is 13.2. The fourth-order valence-corrected chi connectivity index (χ4v) is 2.44. The van der Waals surface area contributed by atoms with Gasteiger partial charge in [0.1, 0.15) is 5.75 Å². The van der Waals surface area contributed by atoms with Crippen molar-refractivity contribution in [1.29, 1.82) is 0 Å². The van der Waals surface area contributed by atoms with Crippen LogP contribution in [0, 0.1) is 0 Å². The minimum Gasteiger partial charge on any atom is -0.497 e. The fraction of sp³-hybridized carbons (Fsp3) is 0.0476. The highest BCUT2D eigenvalue weighted by molar-refractivity contribution is 6.11. The summed E-state index contributed by atoms with van der Waals surface area (Å²) in [5.41, 5.74) is 2.32. The Morgan fingerprint density at radius 3 is 1.38 bits per heavy atom. The van der Waals surface area contributed by atoms with Gasteiger partial charge in [0.15, 0.2) is 11.6 Å². The number of hydrogen-bond acceptors (Lipinski definition) is 3. The van der Waals surface area contributed by atoms with Crippen LogP contribution < -0.4 is 4.74 Å². The molecule has 3 aromatic carbocycles. The van der Waals surface area contributed by atoms with Gasteiger partial charge in [-0.3, -0.25) is 9.59 Å². The van der Waals surface area contributed by atoms with E-state index in [1.54, 1.807) is 67.8 Å². The van der Waals surface area contributed by atoms with Crippen molar-refractivity contribution in [3.63, 3.8) is 0 Å². The molecule has 0 heterocycles. The van der Waals surface area contributed by atoms with Crippen molar-refractivity contribution in [1.82, 2.24) is 0 Å². The summed E-state index contributed by atoms with van der Waals surface area (Å²) in [5.74, 6) is 0.561. The quantitative estimate of drug-likeness (QED) is 0.664. The second-order valence-electron chi connectivity index (χ2n) is 5.33. The molecule has 0 fully saturated rings. The Morgan fingerprint density at radius 2 is 0.958 bits per heavy atom. The van der Waals surface area contributed by atoms with Crippen molar-refractivity contribution < 1.29 is 14.3 Å². The van der Waals surface area contributed by atoms with E-state index in [1.807, 2.05) is 18.2 Å². The van der Waals surface area contributed by atoms with Crippen LogP contribution in [0.3, 0.4) is 0 Å². The third kappa shape index (κ3) is 3.25. The van der Waals surface area contributed by atoms with Crippen LogP contribution in [-0.4, -0.2) is 18.7 Å². The van der Waals surface area contributed by atoms with Crippen LogP contribution >= 0.6 is 0 Å².